The summed E-state index contributed by atoms with van der Waals surface area (Å²) in [6.45, 7) is 2.70. The summed E-state index contributed by atoms with van der Waals surface area (Å²) in [6.07, 6.45) is 2.71. The number of hydrogen-bond acceptors (Lipinski definition) is 3. The second kappa shape index (κ2) is 6.16. The number of benzene rings is 1. The van der Waals surface area contributed by atoms with Crippen LogP contribution in [0.4, 0.5) is 10.5 Å². The molecule has 2 N–H and O–H groups in total. The summed E-state index contributed by atoms with van der Waals surface area (Å²) in [4.78, 5) is 15.7. The SMILES string of the molecule is CCCNC(=O)Nc1ccc(-c2nccs2)cc1. The minimum absolute atomic E-state index is 0.168. The monoisotopic (exact) mass is 261 g/mol. The van der Waals surface area contributed by atoms with Crippen molar-refractivity contribution in [3.05, 3.63) is 35.8 Å². The van der Waals surface area contributed by atoms with Crippen molar-refractivity contribution in [3.63, 3.8) is 0 Å². The number of thiazole rings is 1. The van der Waals surface area contributed by atoms with Gasteiger partial charge >= 0.3 is 6.03 Å². The van der Waals surface area contributed by atoms with Gasteiger partial charge in [0.1, 0.15) is 5.01 Å². The van der Waals surface area contributed by atoms with Crippen molar-refractivity contribution in [1.29, 1.82) is 0 Å². The number of aromatic nitrogens is 1. The lowest BCUT2D eigenvalue weighted by Gasteiger charge is -2.06. The molecule has 4 nitrogen and oxygen atoms in total. The minimum Gasteiger partial charge on any atom is -0.338 e. The number of amides is 2. The fourth-order valence-electron chi connectivity index (χ4n) is 1.48. The molecular weight excluding hydrogens is 246 g/mol. The maximum atomic E-state index is 11.5. The van der Waals surface area contributed by atoms with E-state index >= 15 is 0 Å². The highest BCUT2D eigenvalue weighted by molar-refractivity contribution is 7.13. The fourth-order valence-corrected chi connectivity index (χ4v) is 2.12. The average molecular weight is 261 g/mol. The Morgan fingerprint density at radius 2 is 2.11 bits per heavy atom. The van der Waals surface area contributed by atoms with E-state index in [4.69, 9.17) is 0 Å². The van der Waals surface area contributed by atoms with Crippen LogP contribution >= 0.6 is 11.3 Å². The van der Waals surface area contributed by atoms with Gasteiger partial charge in [0.05, 0.1) is 0 Å². The van der Waals surface area contributed by atoms with Gasteiger partial charge in [-0.15, -0.1) is 11.3 Å². The first-order valence-electron chi connectivity index (χ1n) is 5.84. The third kappa shape index (κ3) is 3.30. The second-order valence-corrected chi connectivity index (χ2v) is 4.69. The predicted octanol–water partition coefficient (Wildman–Crippen LogP) is 3.34. The van der Waals surface area contributed by atoms with Gasteiger partial charge in [-0.2, -0.15) is 0 Å². The highest BCUT2D eigenvalue weighted by Crippen LogP contribution is 2.23. The maximum Gasteiger partial charge on any atom is 0.319 e. The zero-order chi connectivity index (χ0) is 12.8. The summed E-state index contributed by atoms with van der Waals surface area (Å²) in [5.41, 5.74) is 1.84. The quantitative estimate of drug-likeness (QED) is 0.886. The summed E-state index contributed by atoms with van der Waals surface area (Å²) < 4.78 is 0. The number of rotatable bonds is 4. The molecule has 0 fully saturated rings. The van der Waals surface area contributed by atoms with Gasteiger partial charge in [0.25, 0.3) is 0 Å². The van der Waals surface area contributed by atoms with Gasteiger partial charge < -0.3 is 10.6 Å². The first-order valence-corrected chi connectivity index (χ1v) is 6.72. The van der Waals surface area contributed by atoms with Gasteiger partial charge in [0, 0.05) is 29.4 Å². The molecule has 1 aromatic heterocycles. The van der Waals surface area contributed by atoms with Crippen LogP contribution in [0, 0.1) is 0 Å². The number of nitrogens with zero attached hydrogens (tertiary/aromatic N) is 1. The molecule has 0 saturated carbocycles. The minimum atomic E-state index is -0.168. The lowest BCUT2D eigenvalue weighted by Crippen LogP contribution is -2.29. The molecule has 18 heavy (non-hydrogen) atoms. The highest BCUT2D eigenvalue weighted by Gasteiger charge is 2.02. The Bertz CT molecular complexity index is 493. The van der Waals surface area contributed by atoms with Crippen LogP contribution in [0.2, 0.25) is 0 Å². The Hall–Kier alpha value is -1.88. The molecule has 94 valence electrons. The lowest BCUT2D eigenvalue weighted by molar-refractivity contribution is 0.252. The first kappa shape index (κ1) is 12.6. The van der Waals surface area contributed by atoms with Crippen LogP contribution in [-0.2, 0) is 0 Å². The fraction of sp³-hybridized carbons (Fsp3) is 0.231. The Morgan fingerprint density at radius 1 is 1.33 bits per heavy atom. The summed E-state index contributed by atoms with van der Waals surface area (Å²) >= 11 is 1.60. The van der Waals surface area contributed by atoms with E-state index in [0.29, 0.717) is 6.54 Å². The molecule has 0 atom stereocenters. The summed E-state index contributed by atoms with van der Waals surface area (Å²) in [5.74, 6) is 0. The van der Waals surface area contributed by atoms with Gasteiger partial charge in [-0.25, -0.2) is 9.78 Å². The van der Waals surface area contributed by atoms with E-state index in [-0.39, 0.29) is 6.03 Å². The predicted molar refractivity (Wildman–Crippen MR) is 74.9 cm³/mol. The van der Waals surface area contributed by atoms with Crippen molar-refractivity contribution in [1.82, 2.24) is 10.3 Å². The summed E-state index contributed by atoms with van der Waals surface area (Å²) in [6, 6.07) is 7.49. The van der Waals surface area contributed by atoms with Crippen molar-refractivity contribution < 1.29 is 4.79 Å². The second-order valence-electron chi connectivity index (χ2n) is 3.80. The first-order chi connectivity index (χ1) is 8.79. The molecule has 2 amide bonds. The average Bonchev–Trinajstić information content (AvgIpc) is 2.91. The van der Waals surface area contributed by atoms with E-state index in [9.17, 15) is 4.79 Å². The Morgan fingerprint density at radius 3 is 2.72 bits per heavy atom. The molecule has 5 heteroatoms. The Balaban J connectivity index is 1.98. The molecule has 0 spiro atoms. The van der Waals surface area contributed by atoms with Crippen LogP contribution in [0.1, 0.15) is 13.3 Å². The smallest absolute Gasteiger partial charge is 0.319 e. The van der Waals surface area contributed by atoms with E-state index in [2.05, 4.69) is 15.6 Å². The summed E-state index contributed by atoms with van der Waals surface area (Å²) in [7, 11) is 0. The molecular formula is C13H15N3OS. The van der Waals surface area contributed by atoms with Gasteiger partial charge in [-0.3, -0.25) is 0 Å². The number of carbonyl (C=O) groups excluding carboxylic acids is 1. The van der Waals surface area contributed by atoms with Crippen LogP contribution in [0.5, 0.6) is 0 Å². The third-order valence-corrected chi connectivity index (χ3v) is 3.18. The third-order valence-electron chi connectivity index (χ3n) is 2.36. The molecule has 0 aliphatic rings. The molecule has 0 unspecified atom stereocenters. The van der Waals surface area contributed by atoms with Gasteiger partial charge in [-0.1, -0.05) is 6.92 Å². The zero-order valence-corrected chi connectivity index (χ0v) is 11.0. The standard InChI is InChI=1S/C13H15N3OS/c1-2-7-15-13(17)16-11-5-3-10(4-6-11)12-14-8-9-18-12/h3-6,8-9H,2,7H2,1H3,(H2,15,16,17). The van der Waals surface area contributed by atoms with E-state index in [1.165, 1.54) is 0 Å². The van der Waals surface area contributed by atoms with Gasteiger partial charge in [-0.05, 0) is 30.7 Å². The van der Waals surface area contributed by atoms with Crippen LogP contribution < -0.4 is 10.6 Å². The molecule has 2 rings (SSSR count). The Labute approximate surface area is 110 Å². The summed E-state index contributed by atoms with van der Waals surface area (Å²) in [5, 5.41) is 8.47. The van der Waals surface area contributed by atoms with Gasteiger partial charge in [0.15, 0.2) is 0 Å². The number of hydrogen-bond donors (Lipinski definition) is 2. The molecule has 0 aliphatic heterocycles. The van der Waals surface area contributed by atoms with Crippen LogP contribution in [0.25, 0.3) is 10.6 Å². The topological polar surface area (TPSA) is 54.0 Å². The highest BCUT2D eigenvalue weighted by atomic mass is 32.1. The molecule has 0 saturated heterocycles. The molecule has 1 heterocycles. The van der Waals surface area contributed by atoms with E-state index in [1.54, 1.807) is 17.5 Å². The van der Waals surface area contributed by atoms with Crippen LogP contribution in [0.3, 0.4) is 0 Å². The van der Waals surface area contributed by atoms with Crippen LogP contribution in [0.15, 0.2) is 35.8 Å². The van der Waals surface area contributed by atoms with Crippen LogP contribution in [-0.4, -0.2) is 17.6 Å². The largest absolute Gasteiger partial charge is 0.338 e. The van der Waals surface area contributed by atoms with E-state index < -0.39 is 0 Å². The Kier molecular flexibility index (Phi) is 4.30. The molecule has 0 aliphatic carbocycles. The van der Waals surface area contributed by atoms with Gasteiger partial charge in [0.2, 0.25) is 0 Å². The molecule has 0 bridgehead atoms. The zero-order valence-electron chi connectivity index (χ0n) is 10.1. The number of carbonyl (C=O) groups is 1. The normalized spacial score (nSPS) is 10.1. The van der Waals surface area contributed by atoms with E-state index in [0.717, 1.165) is 22.7 Å². The molecule has 0 radical (unpaired) electrons. The van der Waals surface area contributed by atoms with E-state index in [1.807, 2.05) is 36.6 Å². The number of urea groups is 1. The molecule has 2 aromatic rings. The van der Waals surface area contributed by atoms with Crippen molar-refractivity contribution >= 4 is 23.1 Å². The van der Waals surface area contributed by atoms with Crippen molar-refractivity contribution in [3.8, 4) is 10.6 Å². The van der Waals surface area contributed by atoms with Crippen molar-refractivity contribution in [2.45, 2.75) is 13.3 Å². The number of anilines is 1. The van der Waals surface area contributed by atoms with Crippen molar-refractivity contribution in [2.75, 3.05) is 11.9 Å². The maximum absolute atomic E-state index is 11.5. The van der Waals surface area contributed by atoms with Crippen molar-refractivity contribution in [2.24, 2.45) is 0 Å². The molecule has 1 aromatic carbocycles. The lowest BCUT2D eigenvalue weighted by atomic mass is 10.2. The number of nitrogens with one attached hydrogen (secondary N) is 2.